The summed E-state index contributed by atoms with van der Waals surface area (Å²) < 4.78 is 1.10. The Bertz CT molecular complexity index is 590. The van der Waals surface area contributed by atoms with Gasteiger partial charge >= 0.3 is 0 Å². The molecule has 1 amide bonds. The summed E-state index contributed by atoms with van der Waals surface area (Å²) in [4.78, 5) is 20.4. The molecule has 0 fully saturated rings. The van der Waals surface area contributed by atoms with Crippen LogP contribution in [-0.4, -0.2) is 15.9 Å². The van der Waals surface area contributed by atoms with Crippen LogP contribution < -0.4 is 5.32 Å². The minimum absolute atomic E-state index is 0.122. The first-order valence-corrected chi connectivity index (χ1v) is 7.20. The highest BCUT2D eigenvalue weighted by atomic mass is 79.9. The lowest BCUT2D eigenvalue weighted by Crippen LogP contribution is -2.20. The molecule has 0 saturated carbocycles. The van der Waals surface area contributed by atoms with Crippen molar-refractivity contribution in [1.82, 2.24) is 9.97 Å². The Morgan fingerprint density at radius 3 is 2.58 bits per heavy atom. The third-order valence-electron chi connectivity index (χ3n) is 2.64. The van der Waals surface area contributed by atoms with Crippen molar-refractivity contribution in [1.29, 1.82) is 0 Å². The summed E-state index contributed by atoms with van der Waals surface area (Å²) in [6.07, 6.45) is 1.54. The van der Waals surface area contributed by atoms with Gasteiger partial charge in [-0.15, -0.1) is 0 Å². The Kier molecular flexibility index (Phi) is 4.66. The standard InChI is InChI=1S/C13H11Br2N3O/c1-8(9-5-3-2-4-6-9)13(19)18-12-11(15)17-10(14)7-16-12/h2-8H,1H3,(H,16,18,19). The molecular formula is C13H11Br2N3O. The number of nitrogens with one attached hydrogen (secondary N) is 1. The molecule has 0 aliphatic rings. The van der Waals surface area contributed by atoms with Crippen LogP contribution in [0.3, 0.4) is 0 Å². The van der Waals surface area contributed by atoms with E-state index in [0.717, 1.165) is 5.56 Å². The topological polar surface area (TPSA) is 54.9 Å². The largest absolute Gasteiger partial charge is 0.308 e. The van der Waals surface area contributed by atoms with Crippen LogP contribution >= 0.6 is 31.9 Å². The fourth-order valence-electron chi connectivity index (χ4n) is 1.55. The molecule has 2 rings (SSSR count). The van der Waals surface area contributed by atoms with Gasteiger partial charge in [-0.3, -0.25) is 4.79 Å². The van der Waals surface area contributed by atoms with Gasteiger partial charge in [-0.1, -0.05) is 30.3 Å². The molecule has 4 nitrogen and oxygen atoms in total. The van der Waals surface area contributed by atoms with E-state index in [2.05, 4.69) is 47.1 Å². The summed E-state index contributed by atoms with van der Waals surface area (Å²) in [5.41, 5.74) is 0.959. The SMILES string of the molecule is CC(C(=O)Nc1ncc(Br)nc1Br)c1ccccc1. The van der Waals surface area contributed by atoms with Crippen LogP contribution in [0.1, 0.15) is 18.4 Å². The Morgan fingerprint density at radius 1 is 1.26 bits per heavy atom. The van der Waals surface area contributed by atoms with Gasteiger partial charge in [0.1, 0.15) is 9.21 Å². The Balaban J connectivity index is 2.13. The molecule has 0 bridgehead atoms. The van der Waals surface area contributed by atoms with Crippen LogP contribution in [0.2, 0.25) is 0 Å². The number of aromatic nitrogens is 2. The van der Waals surface area contributed by atoms with Gasteiger partial charge in [0.15, 0.2) is 5.82 Å². The maximum absolute atomic E-state index is 12.1. The van der Waals surface area contributed by atoms with Gasteiger partial charge in [0.2, 0.25) is 5.91 Å². The van der Waals surface area contributed by atoms with Crippen LogP contribution in [0.25, 0.3) is 0 Å². The van der Waals surface area contributed by atoms with Crippen molar-refractivity contribution >= 4 is 43.6 Å². The molecule has 0 saturated heterocycles. The highest BCUT2D eigenvalue weighted by Gasteiger charge is 2.17. The van der Waals surface area contributed by atoms with Gasteiger partial charge in [-0.25, -0.2) is 9.97 Å². The van der Waals surface area contributed by atoms with Crippen LogP contribution in [0.5, 0.6) is 0 Å². The second-order valence-electron chi connectivity index (χ2n) is 3.95. The third kappa shape index (κ3) is 3.61. The Labute approximate surface area is 127 Å². The zero-order chi connectivity index (χ0) is 13.8. The number of hydrogen-bond donors (Lipinski definition) is 1. The lowest BCUT2D eigenvalue weighted by atomic mass is 10.0. The molecule has 2 aromatic rings. The number of anilines is 1. The van der Waals surface area contributed by atoms with Gasteiger partial charge in [-0.2, -0.15) is 0 Å². The van der Waals surface area contributed by atoms with E-state index in [1.165, 1.54) is 6.20 Å². The highest BCUT2D eigenvalue weighted by Crippen LogP contribution is 2.22. The summed E-state index contributed by atoms with van der Waals surface area (Å²) >= 11 is 6.47. The lowest BCUT2D eigenvalue weighted by Gasteiger charge is -2.12. The predicted molar refractivity (Wildman–Crippen MR) is 80.9 cm³/mol. The maximum Gasteiger partial charge on any atom is 0.232 e. The van der Waals surface area contributed by atoms with Crippen molar-refractivity contribution in [3.05, 3.63) is 51.3 Å². The third-order valence-corrected chi connectivity index (χ3v) is 3.57. The zero-order valence-electron chi connectivity index (χ0n) is 10.1. The van der Waals surface area contributed by atoms with Crippen molar-refractivity contribution in [2.75, 3.05) is 5.32 Å². The minimum Gasteiger partial charge on any atom is -0.308 e. The van der Waals surface area contributed by atoms with Crippen LogP contribution in [0.4, 0.5) is 5.82 Å². The summed E-state index contributed by atoms with van der Waals surface area (Å²) in [5.74, 6) is 0.0399. The van der Waals surface area contributed by atoms with Crippen LogP contribution in [0.15, 0.2) is 45.7 Å². The zero-order valence-corrected chi connectivity index (χ0v) is 13.3. The van der Waals surface area contributed by atoms with Crippen molar-refractivity contribution in [2.24, 2.45) is 0 Å². The monoisotopic (exact) mass is 383 g/mol. The summed E-state index contributed by atoms with van der Waals surface area (Å²) in [6, 6.07) is 9.59. The minimum atomic E-state index is -0.251. The van der Waals surface area contributed by atoms with Crippen LogP contribution in [-0.2, 0) is 4.79 Å². The number of halogens is 2. The van der Waals surface area contributed by atoms with Gasteiger partial charge < -0.3 is 5.32 Å². The van der Waals surface area contributed by atoms with Crippen molar-refractivity contribution < 1.29 is 4.79 Å². The number of rotatable bonds is 3. The van der Waals surface area contributed by atoms with E-state index in [-0.39, 0.29) is 11.8 Å². The second-order valence-corrected chi connectivity index (χ2v) is 5.52. The number of nitrogens with zero attached hydrogens (tertiary/aromatic N) is 2. The molecule has 1 aromatic carbocycles. The average molecular weight is 385 g/mol. The van der Waals surface area contributed by atoms with E-state index in [4.69, 9.17) is 0 Å². The highest BCUT2D eigenvalue weighted by molar-refractivity contribution is 9.11. The quantitative estimate of drug-likeness (QED) is 0.876. The maximum atomic E-state index is 12.1. The first-order chi connectivity index (χ1) is 9.08. The van der Waals surface area contributed by atoms with E-state index in [1.54, 1.807) is 0 Å². The lowest BCUT2D eigenvalue weighted by molar-refractivity contribution is -0.117. The second kappa shape index (κ2) is 6.25. The van der Waals surface area contributed by atoms with E-state index in [0.29, 0.717) is 15.0 Å². The van der Waals surface area contributed by atoms with Gasteiger partial charge in [0.05, 0.1) is 12.1 Å². The molecule has 1 aromatic heterocycles. The summed E-state index contributed by atoms with van der Waals surface area (Å²) in [6.45, 7) is 1.85. The van der Waals surface area contributed by atoms with Gasteiger partial charge in [0.25, 0.3) is 0 Å². The first kappa shape index (κ1) is 14.1. The summed E-state index contributed by atoms with van der Waals surface area (Å²) in [7, 11) is 0. The van der Waals surface area contributed by atoms with Crippen molar-refractivity contribution in [3.63, 3.8) is 0 Å². The number of hydrogen-bond acceptors (Lipinski definition) is 3. The normalized spacial score (nSPS) is 11.9. The molecule has 1 N–H and O–H groups in total. The fraction of sp³-hybridized carbons (Fsp3) is 0.154. The van der Waals surface area contributed by atoms with Crippen molar-refractivity contribution in [2.45, 2.75) is 12.8 Å². The number of benzene rings is 1. The van der Waals surface area contributed by atoms with E-state index >= 15 is 0 Å². The molecule has 98 valence electrons. The fourth-order valence-corrected chi connectivity index (χ4v) is 2.46. The Hall–Kier alpha value is -1.27. The molecule has 6 heteroatoms. The van der Waals surface area contributed by atoms with E-state index in [9.17, 15) is 4.79 Å². The summed E-state index contributed by atoms with van der Waals surface area (Å²) in [5, 5.41) is 2.76. The molecule has 0 aliphatic heterocycles. The van der Waals surface area contributed by atoms with E-state index in [1.807, 2.05) is 37.3 Å². The molecule has 0 aliphatic carbocycles. The number of amides is 1. The predicted octanol–water partition coefficient (Wildman–Crippen LogP) is 3.74. The van der Waals surface area contributed by atoms with Crippen LogP contribution in [0, 0.1) is 0 Å². The first-order valence-electron chi connectivity index (χ1n) is 5.62. The Morgan fingerprint density at radius 2 is 1.95 bits per heavy atom. The smallest absolute Gasteiger partial charge is 0.232 e. The molecule has 1 atom stereocenters. The number of carbonyl (C=O) groups is 1. The molecule has 0 spiro atoms. The van der Waals surface area contributed by atoms with E-state index < -0.39 is 0 Å². The van der Waals surface area contributed by atoms with Gasteiger partial charge in [-0.05, 0) is 44.3 Å². The number of carbonyl (C=O) groups excluding carboxylic acids is 1. The van der Waals surface area contributed by atoms with Crippen molar-refractivity contribution in [3.8, 4) is 0 Å². The molecular weight excluding hydrogens is 374 g/mol. The molecule has 1 heterocycles. The molecule has 1 unspecified atom stereocenters. The van der Waals surface area contributed by atoms with Gasteiger partial charge in [0, 0.05) is 0 Å². The average Bonchev–Trinajstić information content (AvgIpc) is 2.42. The molecule has 19 heavy (non-hydrogen) atoms. The molecule has 0 radical (unpaired) electrons.